The molecule has 146 valence electrons. The van der Waals surface area contributed by atoms with Gasteiger partial charge in [0, 0.05) is 19.0 Å². The molecule has 3 heterocycles. The van der Waals surface area contributed by atoms with Crippen molar-refractivity contribution in [3.8, 4) is 0 Å². The van der Waals surface area contributed by atoms with E-state index < -0.39 is 12.1 Å². The molecule has 0 radical (unpaired) electrons. The lowest BCUT2D eigenvalue weighted by Gasteiger charge is -2.15. The van der Waals surface area contributed by atoms with Gasteiger partial charge in [0.15, 0.2) is 6.10 Å². The molecule has 3 rings (SSSR count). The van der Waals surface area contributed by atoms with Gasteiger partial charge in [0.25, 0.3) is 11.5 Å². The number of aromatic nitrogens is 2. The van der Waals surface area contributed by atoms with E-state index in [4.69, 9.17) is 4.74 Å². The fourth-order valence-corrected chi connectivity index (χ4v) is 4.35. The van der Waals surface area contributed by atoms with Crippen LogP contribution in [0.5, 0.6) is 0 Å². The molecule has 1 N–H and O–H groups in total. The van der Waals surface area contributed by atoms with Crippen molar-refractivity contribution >= 4 is 33.4 Å². The molecule has 0 aromatic carbocycles. The second-order valence-electron chi connectivity index (χ2n) is 7.24. The molecule has 0 bridgehead atoms. The van der Waals surface area contributed by atoms with E-state index in [9.17, 15) is 14.4 Å². The predicted molar refractivity (Wildman–Crippen MR) is 104 cm³/mol. The number of nitrogens with one attached hydrogen (secondary N) is 1. The second-order valence-corrected chi connectivity index (χ2v) is 8.24. The Morgan fingerprint density at radius 3 is 2.67 bits per heavy atom. The molecular weight excluding hydrogens is 366 g/mol. The smallest absolute Gasteiger partial charge is 0.349 e. The molecule has 1 atom stereocenters. The highest BCUT2D eigenvalue weighted by Gasteiger charge is 2.26. The van der Waals surface area contributed by atoms with Crippen molar-refractivity contribution in [3.63, 3.8) is 0 Å². The third kappa shape index (κ3) is 3.90. The topological polar surface area (TPSA) is 90.3 Å². The number of rotatable bonds is 4. The van der Waals surface area contributed by atoms with E-state index >= 15 is 0 Å². The van der Waals surface area contributed by atoms with Gasteiger partial charge in [-0.15, -0.1) is 11.3 Å². The summed E-state index contributed by atoms with van der Waals surface area (Å²) in [7, 11) is 0. The molecule has 0 fully saturated rings. The number of amides is 1. The molecule has 1 aliphatic rings. The second kappa shape index (κ2) is 7.80. The lowest BCUT2D eigenvalue weighted by Crippen LogP contribution is -2.39. The molecule has 0 saturated heterocycles. The van der Waals surface area contributed by atoms with Crippen LogP contribution in [-0.2, 0) is 22.5 Å². The lowest BCUT2D eigenvalue weighted by molar-refractivity contribution is -0.129. The maximum Gasteiger partial charge on any atom is 0.349 e. The van der Waals surface area contributed by atoms with Crippen molar-refractivity contribution in [1.82, 2.24) is 14.9 Å². The van der Waals surface area contributed by atoms with E-state index in [-0.39, 0.29) is 17.5 Å². The fourth-order valence-electron chi connectivity index (χ4n) is 3.27. The molecule has 0 saturated carbocycles. The molecular formula is C19H25N3O4S. The summed E-state index contributed by atoms with van der Waals surface area (Å²) in [6, 6.07) is -0.0376. The zero-order valence-electron chi connectivity index (χ0n) is 16.1. The number of carbonyl (C=O) groups excluding carboxylic acids is 2. The molecule has 7 nitrogen and oxygen atoms in total. The van der Waals surface area contributed by atoms with Crippen LogP contribution < -0.4 is 10.9 Å². The quantitative estimate of drug-likeness (QED) is 0.809. The van der Waals surface area contributed by atoms with Crippen LogP contribution in [0.2, 0.25) is 0 Å². The number of fused-ring (bicyclic) bond motifs is 2. The third-order valence-corrected chi connectivity index (χ3v) is 5.85. The lowest BCUT2D eigenvalue weighted by atomic mass is 10.2. The molecule has 1 amide bonds. The van der Waals surface area contributed by atoms with E-state index in [1.54, 1.807) is 11.5 Å². The number of ether oxygens (including phenoxy) is 1. The van der Waals surface area contributed by atoms with Gasteiger partial charge in [-0.25, -0.2) is 9.78 Å². The van der Waals surface area contributed by atoms with Gasteiger partial charge < -0.3 is 10.1 Å². The number of aryl methyl sites for hydroxylation is 2. The summed E-state index contributed by atoms with van der Waals surface area (Å²) in [4.78, 5) is 43.1. The van der Waals surface area contributed by atoms with Crippen LogP contribution in [0.15, 0.2) is 4.79 Å². The van der Waals surface area contributed by atoms with Crippen LogP contribution in [-0.4, -0.2) is 33.6 Å². The molecule has 27 heavy (non-hydrogen) atoms. The fraction of sp³-hybridized carbons (Fsp3) is 0.579. The molecule has 0 spiro atoms. The number of carbonyl (C=O) groups is 2. The summed E-state index contributed by atoms with van der Waals surface area (Å²) in [5, 5.41) is 3.20. The molecule has 0 aliphatic carbocycles. The Morgan fingerprint density at radius 2 is 1.96 bits per heavy atom. The SMILES string of the molecule is Cc1c(C(=O)O[C@H](C)C(=O)NC(C)C)sc2nc3n(c(=O)c12)CCCCC3. The maximum absolute atomic E-state index is 12.9. The van der Waals surface area contributed by atoms with Crippen LogP contribution in [0.25, 0.3) is 10.2 Å². The minimum Gasteiger partial charge on any atom is -0.448 e. The first kappa shape index (κ1) is 19.5. The third-order valence-electron chi connectivity index (χ3n) is 4.68. The number of hydrogen-bond donors (Lipinski definition) is 1. The molecule has 1 aliphatic heterocycles. The van der Waals surface area contributed by atoms with Crippen molar-refractivity contribution in [2.45, 2.75) is 72.1 Å². The zero-order valence-corrected chi connectivity index (χ0v) is 16.9. The summed E-state index contributed by atoms with van der Waals surface area (Å²) in [5.41, 5.74) is 0.490. The molecule has 8 heteroatoms. The highest BCUT2D eigenvalue weighted by Crippen LogP contribution is 2.29. The minimum absolute atomic E-state index is 0.0376. The number of thiophene rings is 1. The Kier molecular flexibility index (Phi) is 5.64. The first-order chi connectivity index (χ1) is 12.8. The number of esters is 1. The van der Waals surface area contributed by atoms with Crippen molar-refractivity contribution in [1.29, 1.82) is 0 Å². The Labute approximate surface area is 161 Å². The normalized spacial score (nSPS) is 15.3. The Hall–Kier alpha value is -2.22. The average Bonchev–Trinajstić information content (AvgIpc) is 2.77. The van der Waals surface area contributed by atoms with Crippen LogP contribution in [0.4, 0.5) is 0 Å². The summed E-state index contributed by atoms with van der Waals surface area (Å²) >= 11 is 1.16. The van der Waals surface area contributed by atoms with Crippen LogP contribution in [0.3, 0.4) is 0 Å². The molecule has 2 aromatic heterocycles. The van der Waals surface area contributed by atoms with E-state index in [2.05, 4.69) is 10.3 Å². The van der Waals surface area contributed by atoms with Crippen LogP contribution in [0.1, 0.15) is 61.1 Å². The zero-order chi connectivity index (χ0) is 19.7. The summed E-state index contributed by atoms with van der Waals surface area (Å²) in [6.07, 6.45) is 2.92. The van der Waals surface area contributed by atoms with Crippen LogP contribution in [0, 0.1) is 6.92 Å². The molecule has 2 aromatic rings. The van der Waals surface area contributed by atoms with Crippen molar-refractivity contribution in [3.05, 3.63) is 26.6 Å². The Balaban J connectivity index is 1.93. The number of hydrogen-bond acceptors (Lipinski definition) is 6. The summed E-state index contributed by atoms with van der Waals surface area (Å²) < 4.78 is 7.06. The summed E-state index contributed by atoms with van der Waals surface area (Å²) in [6.45, 7) is 7.62. The van der Waals surface area contributed by atoms with Gasteiger partial charge in [-0.05, 0) is 46.1 Å². The van der Waals surface area contributed by atoms with Crippen molar-refractivity contribution < 1.29 is 14.3 Å². The van der Waals surface area contributed by atoms with E-state index in [0.29, 0.717) is 27.2 Å². The standard InChI is InChI=1S/C19H25N3O4S/c1-10(2)20-16(23)12(4)26-19(25)15-11(3)14-17(27-15)21-13-8-6-5-7-9-22(13)18(14)24/h10,12H,5-9H2,1-4H3,(H,20,23)/t12-/m1/s1. The Bertz CT molecular complexity index is 945. The van der Waals surface area contributed by atoms with Crippen molar-refractivity contribution in [2.75, 3.05) is 0 Å². The van der Waals surface area contributed by atoms with Gasteiger partial charge >= 0.3 is 5.97 Å². The monoisotopic (exact) mass is 391 g/mol. The average molecular weight is 391 g/mol. The minimum atomic E-state index is -0.907. The first-order valence-electron chi connectivity index (χ1n) is 9.33. The largest absolute Gasteiger partial charge is 0.448 e. The highest BCUT2D eigenvalue weighted by atomic mass is 32.1. The van der Waals surface area contributed by atoms with E-state index in [1.165, 1.54) is 6.92 Å². The van der Waals surface area contributed by atoms with Crippen molar-refractivity contribution in [2.24, 2.45) is 0 Å². The van der Waals surface area contributed by atoms with Gasteiger partial charge in [-0.1, -0.05) is 6.42 Å². The highest BCUT2D eigenvalue weighted by molar-refractivity contribution is 7.20. The maximum atomic E-state index is 12.9. The van der Waals surface area contributed by atoms with Gasteiger partial charge in [-0.2, -0.15) is 0 Å². The van der Waals surface area contributed by atoms with Gasteiger partial charge in [0.1, 0.15) is 15.5 Å². The molecule has 0 unspecified atom stereocenters. The summed E-state index contributed by atoms with van der Waals surface area (Å²) in [5.74, 6) is -0.153. The first-order valence-corrected chi connectivity index (χ1v) is 10.2. The number of nitrogens with zero attached hydrogens (tertiary/aromatic N) is 2. The van der Waals surface area contributed by atoms with Gasteiger partial charge in [-0.3, -0.25) is 14.2 Å². The Morgan fingerprint density at radius 1 is 1.22 bits per heavy atom. The van der Waals surface area contributed by atoms with E-state index in [0.717, 1.165) is 42.8 Å². The van der Waals surface area contributed by atoms with E-state index in [1.807, 2.05) is 13.8 Å². The van der Waals surface area contributed by atoms with Crippen LogP contribution >= 0.6 is 11.3 Å². The predicted octanol–water partition coefficient (Wildman–Crippen LogP) is 2.56. The van der Waals surface area contributed by atoms with Gasteiger partial charge in [0.05, 0.1) is 5.39 Å². The van der Waals surface area contributed by atoms with Gasteiger partial charge in [0.2, 0.25) is 0 Å².